The van der Waals surface area contributed by atoms with Crippen LogP contribution in [0.25, 0.3) is 0 Å². The van der Waals surface area contributed by atoms with Crippen molar-refractivity contribution in [1.29, 1.82) is 0 Å². The molecular weight excluding hydrogens is 222 g/mol. The molecule has 2 N–H and O–H groups in total. The molecule has 1 aromatic rings. The van der Waals surface area contributed by atoms with Gasteiger partial charge >= 0.3 is 5.97 Å². The Kier molecular flexibility index (Phi) is 3.12. The summed E-state index contributed by atoms with van der Waals surface area (Å²) in [5.74, 6) is -0.399. The first-order chi connectivity index (χ1) is 8.06. The van der Waals surface area contributed by atoms with E-state index >= 15 is 0 Å². The van der Waals surface area contributed by atoms with Crippen molar-refractivity contribution in [3.05, 3.63) is 17.7 Å². The summed E-state index contributed by atoms with van der Waals surface area (Å²) in [4.78, 5) is 26.0. The molecule has 0 bridgehead atoms. The maximum absolute atomic E-state index is 10.9. The maximum atomic E-state index is 10.9. The Balaban J connectivity index is 2.06. The lowest BCUT2D eigenvalue weighted by Gasteiger charge is -2.19. The van der Waals surface area contributed by atoms with Crippen molar-refractivity contribution in [1.82, 2.24) is 14.9 Å². The van der Waals surface area contributed by atoms with Gasteiger partial charge in [0.25, 0.3) is 0 Å². The SMILES string of the molecule is CC(=O)NCc1cn2c(n1)CC(C(=O)O)CC2. The highest BCUT2D eigenvalue weighted by Gasteiger charge is 2.25. The minimum absolute atomic E-state index is 0.0978. The predicted octanol–water partition coefficient (Wildman–Crippen LogP) is 0.166. The van der Waals surface area contributed by atoms with Crippen LogP contribution in [0.2, 0.25) is 0 Å². The second kappa shape index (κ2) is 4.57. The number of hydrogen-bond acceptors (Lipinski definition) is 3. The molecule has 0 aliphatic carbocycles. The van der Waals surface area contributed by atoms with E-state index in [4.69, 9.17) is 5.11 Å². The lowest BCUT2D eigenvalue weighted by atomic mass is 9.98. The third-order valence-electron chi connectivity index (χ3n) is 2.92. The van der Waals surface area contributed by atoms with Gasteiger partial charge in [0.2, 0.25) is 5.91 Å². The Morgan fingerprint density at radius 1 is 1.65 bits per heavy atom. The van der Waals surface area contributed by atoms with Crippen LogP contribution in [0.1, 0.15) is 24.9 Å². The van der Waals surface area contributed by atoms with Gasteiger partial charge in [0.1, 0.15) is 5.82 Å². The van der Waals surface area contributed by atoms with Gasteiger partial charge in [-0.05, 0) is 6.42 Å². The molecule has 1 aliphatic heterocycles. The van der Waals surface area contributed by atoms with E-state index in [-0.39, 0.29) is 11.8 Å². The van der Waals surface area contributed by atoms with E-state index < -0.39 is 5.97 Å². The molecule has 0 saturated heterocycles. The van der Waals surface area contributed by atoms with Gasteiger partial charge in [-0.3, -0.25) is 9.59 Å². The normalized spacial score (nSPS) is 18.5. The summed E-state index contributed by atoms with van der Waals surface area (Å²) >= 11 is 0. The quantitative estimate of drug-likeness (QED) is 0.784. The van der Waals surface area contributed by atoms with Crippen molar-refractivity contribution >= 4 is 11.9 Å². The third-order valence-corrected chi connectivity index (χ3v) is 2.92. The summed E-state index contributed by atoms with van der Waals surface area (Å²) in [5, 5.41) is 11.6. The molecule has 17 heavy (non-hydrogen) atoms. The first kappa shape index (κ1) is 11.6. The van der Waals surface area contributed by atoms with Gasteiger partial charge in [-0.25, -0.2) is 4.98 Å². The number of aromatic nitrogens is 2. The standard InChI is InChI=1S/C11H15N3O3/c1-7(15)12-5-9-6-14-3-2-8(11(16)17)4-10(14)13-9/h6,8H,2-5H2,1H3,(H,12,15)(H,16,17). The number of carbonyl (C=O) groups is 2. The summed E-state index contributed by atoms with van der Waals surface area (Å²) in [6.45, 7) is 2.53. The van der Waals surface area contributed by atoms with Crippen LogP contribution in [0.3, 0.4) is 0 Å². The number of carbonyl (C=O) groups excluding carboxylic acids is 1. The smallest absolute Gasteiger partial charge is 0.307 e. The van der Waals surface area contributed by atoms with Gasteiger partial charge in [-0.15, -0.1) is 0 Å². The molecular formula is C11H15N3O3. The molecule has 1 aromatic heterocycles. The minimum atomic E-state index is -0.761. The fourth-order valence-electron chi connectivity index (χ4n) is 2.00. The second-order valence-electron chi connectivity index (χ2n) is 4.28. The summed E-state index contributed by atoms with van der Waals surface area (Å²) in [6.07, 6.45) is 2.98. The van der Waals surface area contributed by atoms with Crippen molar-refractivity contribution < 1.29 is 14.7 Å². The van der Waals surface area contributed by atoms with Crippen LogP contribution >= 0.6 is 0 Å². The number of fused-ring (bicyclic) bond motifs is 1. The molecule has 1 aliphatic rings. The van der Waals surface area contributed by atoms with Crippen molar-refractivity contribution in [2.45, 2.75) is 32.9 Å². The lowest BCUT2D eigenvalue weighted by molar-refractivity contribution is -0.142. The summed E-state index contributed by atoms with van der Waals surface area (Å²) in [5.41, 5.74) is 0.779. The number of hydrogen-bond donors (Lipinski definition) is 2. The van der Waals surface area contributed by atoms with E-state index in [2.05, 4.69) is 10.3 Å². The molecule has 0 aromatic carbocycles. The molecule has 1 unspecified atom stereocenters. The number of rotatable bonds is 3. The Morgan fingerprint density at radius 3 is 3.06 bits per heavy atom. The number of carboxylic acid groups (broad SMARTS) is 1. The highest BCUT2D eigenvalue weighted by molar-refractivity contribution is 5.72. The van der Waals surface area contributed by atoms with E-state index in [9.17, 15) is 9.59 Å². The minimum Gasteiger partial charge on any atom is -0.481 e. The molecule has 92 valence electrons. The molecule has 1 atom stereocenters. The topological polar surface area (TPSA) is 84.2 Å². The predicted molar refractivity (Wildman–Crippen MR) is 59.2 cm³/mol. The zero-order valence-electron chi connectivity index (χ0n) is 9.64. The number of nitrogens with zero attached hydrogens (tertiary/aromatic N) is 2. The summed E-state index contributed by atoms with van der Waals surface area (Å²) in [7, 11) is 0. The highest BCUT2D eigenvalue weighted by Crippen LogP contribution is 2.20. The molecule has 0 radical (unpaired) electrons. The zero-order chi connectivity index (χ0) is 12.4. The fraction of sp³-hybridized carbons (Fsp3) is 0.545. The number of nitrogens with one attached hydrogen (secondary N) is 1. The molecule has 2 heterocycles. The van der Waals surface area contributed by atoms with Crippen molar-refractivity contribution in [2.24, 2.45) is 5.92 Å². The molecule has 0 saturated carbocycles. The molecule has 6 nitrogen and oxygen atoms in total. The van der Waals surface area contributed by atoms with E-state index in [1.54, 1.807) is 0 Å². The van der Waals surface area contributed by atoms with Gasteiger partial charge in [0.05, 0.1) is 18.2 Å². The number of amides is 1. The van der Waals surface area contributed by atoms with E-state index in [1.165, 1.54) is 6.92 Å². The van der Waals surface area contributed by atoms with Crippen LogP contribution in [0.4, 0.5) is 0 Å². The molecule has 2 rings (SSSR count). The molecule has 0 spiro atoms. The molecule has 6 heteroatoms. The van der Waals surface area contributed by atoms with E-state index in [0.717, 1.165) is 11.5 Å². The average molecular weight is 237 g/mol. The van der Waals surface area contributed by atoms with Gasteiger partial charge in [0, 0.05) is 26.1 Å². The third kappa shape index (κ3) is 2.64. The number of carboxylic acids is 1. The zero-order valence-corrected chi connectivity index (χ0v) is 9.64. The summed E-state index contributed by atoms with van der Waals surface area (Å²) in [6, 6.07) is 0. The van der Waals surface area contributed by atoms with Crippen molar-refractivity contribution in [2.75, 3.05) is 0 Å². The van der Waals surface area contributed by atoms with Crippen LogP contribution in [0, 0.1) is 5.92 Å². The Hall–Kier alpha value is -1.85. The Labute approximate surface area is 98.7 Å². The monoisotopic (exact) mass is 237 g/mol. The molecule has 1 amide bonds. The second-order valence-corrected chi connectivity index (χ2v) is 4.28. The molecule has 0 fully saturated rings. The number of imidazole rings is 1. The first-order valence-electron chi connectivity index (χ1n) is 5.58. The van der Waals surface area contributed by atoms with E-state index in [1.807, 2.05) is 10.8 Å². The number of aliphatic carboxylic acids is 1. The Bertz CT molecular complexity index is 453. The van der Waals surface area contributed by atoms with Crippen LogP contribution in [0.5, 0.6) is 0 Å². The highest BCUT2D eigenvalue weighted by atomic mass is 16.4. The lowest BCUT2D eigenvalue weighted by Crippen LogP contribution is -2.25. The largest absolute Gasteiger partial charge is 0.481 e. The maximum Gasteiger partial charge on any atom is 0.307 e. The van der Waals surface area contributed by atoms with Gasteiger partial charge in [0.15, 0.2) is 0 Å². The van der Waals surface area contributed by atoms with Gasteiger partial charge < -0.3 is 15.0 Å². The summed E-state index contributed by atoms with van der Waals surface area (Å²) < 4.78 is 1.97. The number of aryl methyl sites for hydroxylation is 1. The van der Waals surface area contributed by atoms with Gasteiger partial charge in [-0.2, -0.15) is 0 Å². The Morgan fingerprint density at radius 2 is 2.41 bits per heavy atom. The van der Waals surface area contributed by atoms with Crippen LogP contribution in [-0.4, -0.2) is 26.5 Å². The van der Waals surface area contributed by atoms with Crippen LogP contribution in [0.15, 0.2) is 6.20 Å². The van der Waals surface area contributed by atoms with Crippen LogP contribution in [-0.2, 0) is 29.1 Å². The van der Waals surface area contributed by atoms with Gasteiger partial charge in [-0.1, -0.05) is 0 Å². The van der Waals surface area contributed by atoms with Crippen molar-refractivity contribution in [3.8, 4) is 0 Å². The average Bonchev–Trinajstić information content (AvgIpc) is 2.67. The van der Waals surface area contributed by atoms with Crippen molar-refractivity contribution in [3.63, 3.8) is 0 Å². The fourth-order valence-corrected chi connectivity index (χ4v) is 2.00. The first-order valence-corrected chi connectivity index (χ1v) is 5.58. The van der Waals surface area contributed by atoms with Crippen LogP contribution < -0.4 is 5.32 Å². The van der Waals surface area contributed by atoms with E-state index in [0.29, 0.717) is 25.9 Å².